The molecule has 1 aliphatic rings. The topological polar surface area (TPSA) is 95.6 Å². The normalized spacial score (nSPS) is 15.9. The maximum atomic E-state index is 13.1. The summed E-state index contributed by atoms with van der Waals surface area (Å²) in [6.07, 6.45) is 1.42. The van der Waals surface area contributed by atoms with Crippen LogP contribution in [0.5, 0.6) is 0 Å². The van der Waals surface area contributed by atoms with Crippen LogP contribution in [0.2, 0.25) is 0 Å². The van der Waals surface area contributed by atoms with Crippen molar-refractivity contribution in [2.45, 2.75) is 31.6 Å². The van der Waals surface area contributed by atoms with Gasteiger partial charge in [-0.15, -0.1) is 0 Å². The van der Waals surface area contributed by atoms with Gasteiger partial charge >= 0.3 is 0 Å². The van der Waals surface area contributed by atoms with Crippen molar-refractivity contribution in [1.29, 1.82) is 0 Å². The van der Waals surface area contributed by atoms with E-state index in [1.165, 1.54) is 12.1 Å². The van der Waals surface area contributed by atoms with Gasteiger partial charge in [-0.2, -0.15) is 0 Å². The zero-order valence-electron chi connectivity index (χ0n) is 19.8. The van der Waals surface area contributed by atoms with Crippen LogP contribution in [0.25, 0.3) is 0 Å². The van der Waals surface area contributed by atoms with Crippen molar-refractivity contribution in [3.8, 4) is 0 Å². The van der Waals surface area contributed by atoms with Crippen LogP contribution in [0.3, 0.4) is 0 Å². The zero-order valence-corrected chi connectivity index (χ0v) is 20.6. The van der Waals surface area contributed by atoms with Gasteiger partial charge in [-0.05, 0) is 69.2 Å². The van der Waals surface area contributed by atoms with E-state index in [1.54, 1.807) is 47.4 Å². The van der Waals surface area contributed by atoms with Crippen molar-refractivity contribution >= 4 is 33.2 Å². The standard InChI is InChI=1S/C27H29N3O4S/c1-19-14-20(2)16-22(15-19)27(32)30-13-7-8-21(18-30)26(31)28-23-9-6-10-24(17-23)29-35(33,34)25-11-4-3-5-12-25/h3-6,9-12,14-17,21,29H,7-8,13,18H2,1-2H3,(H,28,31). The van der Waals surface area contributed by atoms with Crippen LogP contribution in [0.4, 0.5) is 11.4 Å². The van der Waals surface area contributed by atoms with Gasteiger partial charge in [-0.25, -0.2) is 8.42 Å². The van der Waals surface area contributed by atoms with Crippen LogP contribution in [-0.4, -0.2) is 38.2 Å². The molecule has 3 aromatic rings. The predicted molar refractivity (Wildman–Crippen MR) is 137 cm³/mol. The molecule has 1 saturated heterocycles. The van der Waals surface area contributed by atoms with E-state index in [0.717, 1.165) is 17.5 Å². The number of piperidine rings is 1. The Morgan fingerprint density at radius 3 is 2.29 bits per heavy atom. The minimum absolute atomic E-state index is 0.0633. The molecule has 8 heteroatoms. The number of carbonyl (C=O) groups excluding carboxylic acids is 2. The molecule has 1 aliphatic heterocycles. The molecule has 0 radical (unpaired) electrons. The van der Waals surface area contributed by atoms with Gasteiger partial charge in [0.15, 0.2) is 0 Å². The number of carbonyl (C=O) groups is 2. The molecule has 0 aromatic heterocycles. The van der Waals surface area contributed by atoms with E-state index in [9.17, 15) is 18.0 Å². The largest absolute Gasteiger partial charge is 0.338 e. The molecule has 1 heterocycles. The number of anilines is 2. The lowest BCUT2D eigenvalue weighted by atomic mass is 9.96. The van der Waals surface area contributed by atoms with E-state index >= 15 is 0 Å². The number of nitrogens with one attached hydrogen (secondary N) is 2. The Bertz CT molecular complexity index is 1320. The SMILES string of the molecule is Cc1cc(C)cc(C(=O)N2CCCC(C(=O)Nc3cccc(NS(=O)(=O)c4ccccc4)c3)C2)c1. The van der Waals surface area contributed by atoms with Crippen LogP contribution in [-0.2, 0) is 14.8 Å². The van der Waals surface area contributed by atoms with Gasteiger partial charge in [0, 0.05) is 24.3 Å². The summed E-state index contributed by atoms with van der Waals surface area (Å²) in [5, 5.41) is 2.88. The Labute approximate surface area is 206 Å². The third-order valence-corrected chi connectivity index (χ3v) is 7.38. The Hall–Kier alpha value is -3.65. The molecule has 1 unspecified atom stereocenters. The summed E-state index contributed by atoms with van der Waals surface area (Å²) < 4.78 is 27.8. The average Bonchev–Trinajstić information content (AvgIpc) is 2.83. The third kappa shape index (κ3) is 6.08. The molecular weight excluding hydrogens is 462 g/mol. The first-order valence-corrected chi connectivity index (χ1v) is 13.1. The maximum absolute atomic E-state index is 13.1. The van der Waals surface area contributed by atoms with Crippen LogP contribution in [0.1, 0.15) is 34.3 Å². The van der Waals surface area contributed by atoms with Crippen molar-refractivity contribution in [3.63, 3.8) is 0 Å². The average molecular weight is 492 g/mol. The first kappa shape index (κ1) is 24.5. The second-order valence-electron chi connectivity index (χ2n) is 8.96. The molecule has 1 fully saturated rings. The maximum Gasteiger partial charge on any atom is 0.261 e. The van der Waals surface area contributed by atoms with Crippen molar-refractivity contribution < 1.29 is 18.0 Å². The second kappa shape index (κ2) is 10.3. The van der Waals surface area contributed by atoms with E-state index in [-0.39, 0.29) is 22.6 Å². The van der Waals surface area contributed by atoms with E-state index in [0.29, 0.717) is 36.4 Å². The number of aryl methyl sites for hydroxylation is 2. The molecule has 0 bridgehead atoms. The number of benzene rings is 3. The molecule has 182 valence electrons. The predicted octanol–water partition coefficient (Wildman–Crippen LogP) is 4.60. The molecule has 7 nitrogen and oxygen atoms in total. The number of hydrogen-bond donors (Lipinski definition) is 2. The van der Waals surface area contributed by atoms with Crippen LogP contribution in [0, 0.1) is 19.8 Å². The molecule has 0 saturated carbocycles. The van der Waals surface area contributed by atoms with Crippen LogP contribution < -0.4 is 10.0 Å². The van der Waals surface area contributed by atoms with Gasteiger partial charge in [0.2, 0.25) is 5.91 Å². The third-order valence-electron chi connectivity index (χ3n) is 5.98. The molecule has 35 heavy (non-hydrogen) atoms. The highest BCUT2D eigenvalue weighted by Crippen LogP contribution is 2.23. The number of rotatable bonds is 6. The Balaban J connectivity index is 1.42. The Kier molecular flexibility index (Phi) is 7.21. The monoisotopic (exact) mass is 491 g/mol. The van der Waals surface area contributed by atoms with Crippen molar-refractivity contribution in [2.24, 2.45) is 5.92 Å². The molecule has 1 atom stereocenters. The summed E-state index contributed by atoms with van der Waals surface area (Å²) in [4.78, 5) is 28.0. The summed E-state index contributed by atoms with van der Waals surface area (Å²) in [6, 6.07) is 20.5. The fraction of sp³-hybridized carbons (Fsp3) is 0.259. The lowest BCUT2D eigenvalue weighted by molar-refractivity contribution is -0.121. The van der Waals surface area contributed by atoms with Crippen molar-refractivity contribution in [3.05, 3.63) is 89.5 Å². The summed E-state index contributed by atoms with van der Waals surface area (Å²) >= 11 is 0. The number of sulfonamides is 1. The van der Waals surface area contributed by atoms with E-state index in [1.807, 2.05) is 32.0 Å². The molecular formula is C27H29N3O4S. The number of amides is 2. The minimum atomic E-state index is -3.74. The van der Waals surface area contributed by atoms with Gasteiger partial charge < -0.3 is 10.2 Å². The van der Waals surface area contributed by atoms with E-state index in [2.05, 4.69) is 10.0 Å². The number of hydrogen-bond acceptors (Lipinski definition) is 4. The zero-order chi connectivity index (χ0) is 25.0. The molecule has 2 amide bonds. The molecule has 4 rings (SSSR count). The molecule has 3 aromatic carbocycles. The second-order valence-corrected chi connectivity index (χ2v) is 10.6. The Morgan fingerprint density at radius 2 is 1.57 bits per heavy atom. The molecule has 0 aliphatic carbocycles. The number of likely N-dealkylation sites (tertiary alicyclic amines) is 1. The van der Waals surface area contributed by atoms with Crippen molar-refractivity contribution in [1.82, 2.24) is 4.90 Å². The first-order valence-electron chi connectivity index (χ1n) is 11.6. The lowest BCUT2D eigenvalue weighted by Gasteiger charge is -2.32. The summed E-state index contributed by atoms with van der Waals surface area (Å²) in [5.41, 5.74) is 3.54. The molecule has 2 N–H and O–H groups in total. The molecule has 0 spiro atoms. The highest BCUT2D eigenvalue weighted by Gasteiger charge is 2.29. The minimum Gasteiger partial charge on any atom is -0.338 e. The summed E-state index contributed by atoms with van der Waals surface area (Å²) in [6.45, 7) is 4.89. The first-order chi connectivity index (χ1) is 16.7. The van der Waals surface area contributed by atoms with Gasteiger partial charge in [-0.3, -0.25) is 14.3 Å². The lowest BCUT2D eigenvalue weighted by Crippen LogP contribution is -2.43. The van der Waals surface area contributed by atoms with Crippen LogP contribution in [0.15, 0.2) is 77.7 Å². The fourth-order valence-electron chi connectivity index (χ4n) is 4.37. The van der Waals surface area contributed by atoms with E-state index in [4.69, 9.17) is 0 Å². The van der Waals surface area contributed by atoms with Crippen molar-refractivity contribution in [2.75, 3.05) is 23.1 Å². The van der Waals surface area contributed by atoms with Gasteiger partial charge in [-0.1, -0.05) is 41.5 Å². The van der Waals surface area contributed by atoms with Crippen LogP contribution >= 0.6 is 0 Å². The van der Waals surface area contributed by atoms with Gasteiger partial charge in [0.05, 0.1) is 16.5 Å². The number of nitrogens with zero attached hydrogens (tertiary/aromatic N) is 1. The fourth-order valence-corrected chi connectivity index (χ4v) is 5.45. The van der Waals surface area contributed by atoms with Gasteiger partial charge in [0.25, 0.3) is 15.9 Å². The quantitative estimate of drug-likeness (QED) is 0.527. The highest BCUT2D eigenvalue weighted by atomic mass is 32.2. The smallest absolute Gasteiger partial charge is 0.261 e. The summed E-state index contributed by atoms with van der Waals surface area (Å²) in [7, 11) is -3.74. The van der Waals surface area contributed by atoms with Gasteiger partial charge in [0.1, 0.15) is 0 Å². The highest BCUT2D eigenvalue weighted by molar-refractivity contribution is 7.92. The summed E-state index contributed by atoms with van der Waals surface area (Å²) in [5.74, 6) is -0.596. The van der Waals surface area contributed by atoms with E-state index < -0.39 is 10.0 Å². The Morgan fingerprint density at radius 1 is 0.886 bits per heavy atom.